The first-order valence-electron chi connectivity index (χ1n) is 19.0. The maximum atomic E-state index is 6.88. The Morgan fingerprint density at radius 1 is 0.643 bits per heavy atom. The molecule has 1 aliphatic carbocycles. The fourth-order valence-corrected chi connectivity index (χ4v) is 9.85. The number of nitrogens with one attached hydrogen (secondary N) is 1. The Kier molecular flexibility index (Phi) is 6.86. The van der Waals surface area contributed by atoms with E-state index >= 15 is 0 Å². The lowest BCUT2D eigenvalue weighted by atomic mass is 10.00. The molecule has 10 aromatic rings. The summed E-state index contributed by atoms with van der Waals surface area (Å²) in [6.07, 6.45) is 5.26. The van der Waals surface area contributed by atoms with Gasteiger partial charge in [0.25, 0.3) is 0 Å². The Hall–Kier alpha value is -7.02. The number of furan rings is 1. The van der Waals surface area contributed by atoms with Gasteiger partial charge in [-0.3, -0.25) is 0 Å². The van der Waals surface area contributed by atoms with E-state index in [0.29, 0.717) is 5.84 Å². The van der Waals surface area contributed by atoms with Gasteiger partial charge in [0.05, 0.1) is 16.7 Å². The largest absolute Gasteiger partial charge is 0.454 e. The molecule has 3 aromatic heterocycles. The molecule has 4 heterocycles. The van der Waals surface area contributed by atoms with Crippen molar-refractivity contribution < 1.29 is 4.42 Å². The minimum atomic E-state index is -0.296. The van der Waals surface area contributed by atoms with Gasteiger partial charge in [-0.05, 0) is 82.6 Å². The average molecular weight is 737 g/mol. The number of aliphatic imine (C=N–C) groups is 2. The first-order valence-corrected chi connectivity index (χ1v) is 19.8. The number of hydrogen-bond acceptors (Lipinski definition) is 5. The van der Waals surface area contributed by atoms with E-state index in [1.54, 1.807) is 0 Å². The Morgan fingerprint density at radius 2 is 1.39 bits per heavy atom. The molecule has 0 saturated heterocycles. The zero-order valence-corrected chi connectivity index (χ0v) is 30.9. The van der Waals surface area contributed by atoms with E-state index in [1.807, 2.05) is 53.8 Å². The first kappa shape index (κ1) is 31.3. The molecule has 0 amide bonds. The van der Waals surface area contributed by atoms with Gasteiger partial charge in [-0.25, -0.2) is 9.98 Å². The van der Waals surface area contributed by atoms with Crippen LogP contribution in [0, 0.1) is 0 Å². The minimum Gasteiger partial charge on any atom is -0.454 e. The molecular formula is C50H32N4OS. The van der Waals surface area contributed by atoms with E-state index in [9.17, 15) is 0 Å². The maximum absolute atomic E-state index is 6.88. The van der Waals surface area contributed by atoms with Crippen LogP contribution in [0.2, 0.25) is 0 Å². The van der Waals surface area contributed by atoms with Crippen LogP contribution in [0.25, 0.3) is 76.7 Å². The number of hydrogen-bond donors (Lipinski definition) is 1. The third-order valence-corrected chi connectivity index (χ3v) is 12.5. The van der Waals surface area contributed by atoms with E-state index < -0.39 is 0 Å². The third-order valence-electron chi connectivity index (χ3n) is 11.3. The standard InChI is InChI=1S/C50H32N4OS/c1-3-12-30(13-4-1)48-51-49(31-14-5-2-6-15-31)53-50(52-48)37-19-10-22-43-46(37)36-18-9-21-42(47(36)55-43)54-40-20-8-7-16-34(40)38-28-32(24-26-41(38)54)33-25-27-45-39(29-33)35-17-11-23-44(35)56-45/h1-16,18-29,48H,17H2,(H,51,52,53). The molecule has 0 spiro atoms. The summed E-state index contributed by atoms with van der Waals surface area (Å²) < 4.78 is 10.6. The predicted molar refractivity (Wildman–Crippen MR) is 233 cm³/mol. The fraction of sp³-hybridized carbons (Fsp3) is 0.0400. The third kappa shape index (κ3) is 4.79. The fourth-order valence-electron chi connectivity index (χ4n) is 8.70. The van der Waals surface area contributed by atoms with Gasteiger partial charge in [0.15, 0.2) is 11.4 Å². The molecule has 1 aliphatic heterocycles. The minimum absolute atomic E-state index is 0.296. The van der Waals surface area contributed by atoms with Gasteiger partial charge >= 0.3 is 0 Å². The summed E-state index contributed by atoms with van der Waals surface area (Å²) in [6.45, 7) is 0. The van der Waals surface area contributed by atoms with Crippen molar-refractivity contribution >= 4 is 82.9 Å². The summed E-state index contributed by atoms with van der Waals surface area (Å²) in [5.74, 6) is 1.46. The van der Waals surface area contributed by atoms with Crippen molar-refractivity contribution in [2.45, 2.75) is 12.6 Å². The number of benzene rings is 7. The first-order chi connectivity index (χ1) is 27.7. The van der Waals surface area contributed by atoms with Crippen molar-refractivity contribution in [2.24, 2.45) is 9.98 Å². The summed E-state index contributed by atoms with van der Waals surface area (Å²) >= 11 is 1.89. The Labute approximate surface area is 326 Å². The smallest absolute Gasteiger partial charge is 0.160 e. The van der Waals surface area contributed by atoms with Crippen LogP contribution in [0.5, 0.6) is 0 Å². The van der Waals surface area contributed by atoms with Crippen molar-refractivity contribution in [3.8, 4) is 16.8 Å². The summed E-state index contributed by atoms with van der Waals surface area (Å²) in [7, 11) is 0. The Balaban J connectivity index is 1.03. The van der Waals surface area contributed by atoms with Crippen LogP contribution in [0.15, 0.2) is 178 Å². The molecule has 56 heavy (non-hydrogen) atoms. The maximum Gasteiger partial charge on any atom is 0.160 e. The van der Waals surface area contributed by atoms with E-state index in [0.717, 1.165) is 67.6 Å². The van der Waals surface area contributed by atoms with Crippen molar-refractivity contribution in [2.75, 3.05) is 0 Å². The molecule has 1 N–H and O–H groups in total. The van der Waals surface area contributed by atoms with Gasteiger partial charge in [-0.15, -0.1) is 11.3 Å². The SMILES string of the molecule is C1=Cc2sc3ccc(-c4ccc5c(c4)c4ccccc4n5-c4cccc5c4oc4cccc(C6=NC(c7ccccc7)NC(c7ccccc7)=N6)c45)cc3c2C1. The topological polar surface area (TPSA) is 54.8 Å². The molecular weight excluding hydrogens is 705 g/mol. The van der Waals surface area contributed by atoms with Crippen molar-refractivity contribution in [1.29, 1.82) is 0 Å². The van der Waals surface area contributed by atoms with Crippen LogP contribution in [0.3, 0.4) is 0 Å². The van der Waals surface area contributed by atoms with Crippen molar-refractivity contribution in [3.05, 3.63) is 191 Å². The lowest BCUT2D eigenvalue weighted by Crippen LogP contribution is -2.33. The molecule has 7 aromatic carbocycles. The van der Waals surface area contributed by atoms with Crippen molar-refractivity contribution in [3.63, 3.8) is 0 Å². The van der Waals surface area contributed by atoms with Gasteiger partial charge < -0.3 is 14.3 Å². The second kappa shape index (κ2) is 12.2. The molecule has 2 aliphatic rings. The number of thiophene rings is 1. The number of allylic oxidation sites excluding steroid dienone is 1. The molecule has 12 rings (SSSR count). The van der Waals surface area contributed by atoms with E-state index in [4.69, 9.17) is 14.4 Å². The molecule has 0 saturated carbocycles. The van der Waals surface area contributed by atoms with Gasteiger partial charge in [0, 0.05) is 42.2 Å². The van der Waals surface area contributed by atoms with Crippen LogP contribution in [-0.4, -0.2) is 16.2 Å². The second-order valence-electron chi connectivity index (χ2n) is 14.5. The normalized spacial score (nSPS) is 15.2. The number of para-hydroxylation sites is 2. The van der Waals surface area contributed by atoms with E-state index in [1.165, 1.54) is 42.4 Å². The van der Waals surface area contributed by atoms with Gasteiger partial charge in [-0.1, -0.05) is 121 Å². The average Bonchev–Trinajstić information content (AvgIpc) is 4.04. The summed E-state index contributed by atoms with van der Waals surface area (Å²) in [6, 6.07) is 55.8. The lowest BCUT2D eigenvalue weighted by molar-refractivity contribution is 0.666. The quantitative estimate of drug-likeness (QED) is 0.191. The molecule has 0 radical (unpaired) electrons. The number of fused-ring (bicyclic) bond motifs is 9. The zero-order chi connectivity index (χ0) is 36.7. The molecule has 5 nitrogen and oxygen atoms in total. The summed E-state index contributed by atoms with van der Waals surface area (Å²) in [5, 5.41) is 9.41. The van der Waals surface area contributed by atoms with Crippen molar-refractivity contribution in [1.82, 2.24) is 9.88 Å². The summed E-state index contributed by atoms with van der Waals surface area (Å²) in [4.78, 5) is 11.8. The van der Waals surface area contributed by atoms with Gasteiger partial charge in [0.1, 0.15) is 17.6 Å². The molecule has 1 unspecified atom stereocenters. The highest BCUT2D eigenvalue weighted by atomic mass is 32.1. The van der Waals surface area contributed by atoms with Crippen LogP contribution in [0.1, 0.15) is 33.3 Å². The summed E-state index contributed by atoms with van der Waals surface area (Å²) in [5.41, 5.74) is 11.8. The number of aromatic nitrogens is 1. The lowest BCUT2D eigenvalue weighted by Gasteiger charge is -2.23. The Bertz CT molecular complexity index is 3310. The number of nitrogens with zero attached hydrogens (tertiary/aromatic N) is 3. The monoisotopic (exact) mass is 736 g/mol. The van der Waals surface area contributed by atoms with Crippen LogP contribution < -0.4 is 5.32 Å². The van der Waals surface area contributed by atoms with Crippen LogP contribution >= 0.6 is 11.3 Å². The van der Waals surface area contributed by atoms with E-state index in [2.05, 4.69) is 137 Å². The second-order valence-corrected chi connectivity index (χ2v) is 15.6. The number of rotatable bonds is 5. The molecule has 1 atom stereocenters. The number of amidine groups is 2. The molecule has 264 valence electrons. The molecule has 6 heteroatoms. The highest BCUT2D eigenvalue weighted by molar-refractivity contribution is 7.20. The predicted octanol–water partition coefficient (Wildman–Crippen LogP) is 12.6. The van der Waals surface area contributed by atoms with E-state index in [-0.39, 0.29) is 6.17 Å². The highest BCUT2D eigenvalue weighted by Gasteiger charge is 2.25. The van der Waals surface area contributed by atoms with Crippen LogP contribution in [0.4, 0.5) is 0 Å². The molecule has 0 fully saturated rings. The zero-order valence-electron chi connectivity index (χ0n) is 30.1. The molecule has 0 bridgehead atoms. The highest BCUT2D eigenvalue weighted by Crippen LogP contribution is 2.42. The van der Waals surface area contributed by atoms with Gasteiger partial charge in [-0.2, -0.15) is 0 Å². The van der Waals surface area contributed by atoms with Crippen LogP contribution in [-0.2, 0) is 6.42 Å². The Morgan fingerprint density at radius 3 is 2.29 bits per heavy atom. The van der Waals surface area contributed by atoms with Gasteiger partial charge in [0.2, 0.25) is 0 Å².